The van der Waals surface area contributed by atoms with Crippen molar-refractivity contribution < 1.29 is 32.2 Å². The van der Waals surface area contributed by atoms with E-state index in [1.54, 1.807) is 7.05 Å². The monoisotopic (exact) mass is 597 g/mol. The van der Waals surface area contributed by atoms with Crippen LogP contribution in [0.2, 0.25) is 0 Å². The fraction of sp³-hybridized carbons (Fsp3) is 0.897. The number of rotatable bonds is 8. The van der Waals surface area contributed by atoms with Crippen LogP contribution in [0.1, 0.15) is 104 Å². The van der Waals surface area contributed by atoms with Crippen LogP contribution < -0.4 is 11.1 Å². The van der Waals surface area contributed by atoms with Crippen molar-refractivity contribution in [2.24, 2.45) is 57.5 Å². The summed E-state index contributed by atoms with van der Waals surface area (Å²) in [7, 11) is -1.97. The van der Waals surface area contributed by atoms with E-state index in [1.165, 1.54) is 0 Å². The summed E-state index contributed by atoms with van der Waals surface area (Å²) in [4.78, 5) is 22.7. The molecule has 0 aliphatic rings. The molecule has 0 heterocycles. The van der Waals surface area contributed by atoms with Crippen molar-refractivity contribution in [1.82, 2.24) is 5.32 Å². The molecule has 0 aromatic rings. The number of hydrogen-bond donors (Lipinski definition) is 5. The van der Waals surface area contributed by atoms with Gasteiger partial charge in [0.1, 0.15) is 0 Å². The summed E-state index contributed by atoms with van der Waals surface area (Å²) in [6.45, 7) is 30.9. The van der Waals surface area contributed by atoms with Gasteiger partial charge in [-0.25, -0.2) is 0 Å². The summed E-state index contributed by atoms with van der Waals surface area (Å²) >= 11 is 0. The maximum absolute atomic E-state index is 11.6. The Balaban J connectivity index is -0.000000137. The van der Waals surface area contributed by atoms with Crippen LogP contribution in [-0.4, -0.2) is 48.6 Å². The van der Waals surface area contributed by atoms with Gasteiger partial charge in [-0.05, 0) is 42.4 Å². The highest BCUT2D eigenvalue weighted by atomic mass is 32.3. The van der Waals surface area contributed by atoms with Gasteiger partial charge in [0, 0.05) is 14.2 Å². The lowest BCUT2D eigenvalue weighted by atomic mass is 9.70. The molecular weight excluding hydrogens is 534 g/mol. The minimum absolute atomic E-state index is 0.146. The summed E-state index contributed by atoms with van der Waals surface area (Å²) in [6.07, 6.45) is 0. The maximum Gasteiger partial charge on any atom is 0.394 e. The Bertz CT molecular complexity index is 812. The zero-order valence-electron chi connectivity index (χ0n) is 28.4. The molecule has 242 valence electrons. The molecule has 0 unspecified atom stereocenters. The summed E-state index contributed by atoms with van der Waals surface area (Å²) in [5.41, 5.74) is 4.58. The predicted octanol–water partition coefficient (Wildman–Crippen LogP) is 5.62. The van der Waals surface area contributed by atoms with Crippen molar-refractivity contribution >= 4 is 22.2 Å². The summed E-state index contributed by atoms with van der Waals surface area (Å²) in [6, 6.07) is 2.38. The van der Waals surface area contributed by atoms with Gasteiger partial charge in [0.05, 0.1) is 22.3 Å². The minimum atomic E-state index is -4.67. The van der Waals surface area contributed by atoms with Gasteiger partial charge in [-0.3, -0.25) is 18.7 Å². The molecule has 0 aliphatic carbocycles. The number of nitriles is 1. The van der Waals surface area contributed by atoms with Crippen LogP contribution in [0.3, 0.4) is 0 Å². The lowest BCUT2D eigenvalue weighted by molar-refractivity contribution is -0.135. The molecule has 40 heavy (non-hydrogen) atoms. The van der Waals surface area contributed by atoms with Crippen LogP contribution in [0, 0.1) is 63.1 Å². The van der Waals surface area contributed by atoms with Gasteiger partial charge in [0.2, 0.25) is 11.8 Å². The molecular formula is C29H63N3O7S. The minimum Gasteiger partial charge on any atom is -0.400 e. The third-order valence-corrected chi connectivity index (χ3v) is 8.68. The number of nitrogens with two attached hydrogens (primary N) is 1. The second kappa shape index (κ2) is 21.0. The maximum atomic E-state index is 11.6. The van der Waals surface area contributed by atoms with E-state index in [1.807, 2.05) is 48.5 Å². The Kier molecular flexibility index (Phi) is 25.2. The number of aliphatic hydroxyl groups is 1. The fourth-order valence-electron chi connectivity index (χ4n) is 3.62. The van der Waals surface area contributed by atoms with Crippen LogP contribution in [0.5, 0.6) is 0 Å². The number of nitrogens with zero attached hydrogens (tertiary/aromatic N) is 1. The second-order valence-electron chi connectivity index (χ2n) is 12.3. The van der Waals surface area contributed by atoms with Crippen LogP contribution in [-0.2, 0) is 20.0 Å². The van der Waals surface area contributed by atoms with Gasteiger partial charge in [-0.1, -0.05) is 96.9 Å². The van der Waals surface area contributed by atoms with Gasteiger partial charge >= 0.3 is 10.4 Å². The lowest BCUT2D eigenvalue weighted by Gasteiger charge is -2.35. The van der Waals surface area contributed by atoms with Gasteiger partial charge < -0.3 is 16.2 Å². The van der Waals surface area contributed by atoms with Crippen LogP contribution >= 0.6 is 0 Å². The third kappa shape index (κ3) is 17.2. The molecule has 0 saturated carbocycles. The smallest absolute Gasteiger partial charge is 0.394 e. The second-order valence-corrected chi connectivity index (χ2v) is 13.2. The molecule has 0 aromatic carbocycles. The predicted molar refractivity (Wildman–Crippen MR) is 165 cm³/mol. The van der Waals surface area contributed by atoms with E-state index < -0.39 is 10.4 Å². The largest absolute Gasteiger partial charge is 0.400 e. The highest BCUT2D eigenvalue weighted by Crippen LogP contribution is 2.36. The molecule has 10 nitrogen and oxygen atoms in total. The Labute approximate surface area is 246 Å². The number of hydrogen-bond acceptors (Lipinski definition) is 6. The van der Waals surface area contributed by atoms with E-state index in [0.29, 0.717) is 35.5 Å². The van der Waals surface area contributed by atoms with E-state index in [-0.39, 0.29) is 28.1 Å². The first-order chi connectivity index (χ1) is 17.6. The van der Waals surface area contributed by atoms with Gasteiger partial charge in [-0.2, -0.15) is 13.7 Å². The first-order valence-electron chi connectivity index (χ1n) is 13.7. The Hall–Kier alpha value is -1.74. The molecule has 0 saturated heterocycles. The average Bonchev–Trinajstić information content (AvgIpc) is 2.81. The van der Waals surface area contributed by atoms with E-state index in [4.69, 9.17) is 33.6 Å². The third-order valence-electron chi connectivity index (χ3n) is 8.68. The number of aliphatic hydroxyl groups excluding tert-OH is 1. The molecule has 6 N–H and O–H groups in total. The van der Waals surface area contributed by atoms with E-state index in [2.05, 4.69) is 66.8 Å². The van der Waals surface area contributed by atoms with Crippen molar-refractivity contribution in [1.29, 1.82) is 5.26 Å². The van der Waals surface area contributed by atoms with Crippen LogP contribution in [0.15, 0.2) is 0 Å². The Morgan fingerprint density at radius 3 is 0.950 bits per heavy atom. The van der Waals surface area contributed by atoms with Crippen molar-refractivity contribution in [2.75, 3.05) is 14.2 Å². The molecule has 11 heteroatoms. The molecule has 0 aromatic heterocycles. The Morgan fingerprint density at radius 1 is 0.700 bits per heavy atom. The number of primary amides is 1. The molecule has 2 amide bonds. The quantitative estimate of drug-likeness (QED) is 0.222. The summed E-state index contributed by atoms with van der Waals surface area (Å²) < 4.78 is 31.6. The first kappa shape index (κ1) is 48.0. The summed E-state index contributed by atoms with van der Waals surface area (Å²) in [5.74, 6) is 2.19. The molecule has 0 spiro atoms. The van der Waals surface area contributed by atoms with Gasteiger partial charge in [-0.15, -0.1) is 0 Å². The van der Waals surface area contributed by atoms with Crippen molar-refractivity contribution in [2.45, 2.75) is 104 Å². The molecule has 0 fully saturated rings. The highest BCUT2D eigenvalue weighted by Gasteiger charge is 2.39. The molecule has 0 aliphatic heterocycles. The van der Waals surface area contributed by atoms with Crippen LogP contribution in [0.25, 0.3) is 0 Å². The molecule has 0 bridgehead atoms. The number of carbonyl (C=O) groups excluding carboxylic acids is 2. The zero-order chi connectivity index (χ0) is 34.0. The standard InChI is InChI=1S/C10H21NO.C9H19NO.C9H17N.CH4O.H2O4S/c1-7(2)10(5,8(3)4)9(12)11-6;1-6(2)9(5,7(3)4)8(10)11;1-7(2)9(5,6-10)8(3)4;1-2;1-5(2,3)4/h7-8H,1-6H3,(H,11,12);6-7H,1-5H3,(H2,10,11);7-8H,1-5H3;2H,1H3;(H2,1,2,3,4). The van der Waals surface area contributed by atoms with Gasteiger partial charge in [0.15, 0.2) is 0 Å². The van der Waals surface area contributed by atoms with Crippen molar-refractivity contribution in [3.63, 3.8) is 0 Å². The molecule has 0 rings (SSSR count). The number of amides is 2. The van der Waals surface area contributed by atoms with E-state index in [9.17, 15) is 9.59 Å². The SMILES string of the molecule is CC(C)C(C)(C#N)C(C)C.CC(C)C(C)(C(N)=O)C(C)C.CNC(=O)C(C)(C(C)C)C(C)C.CO.O=S(=O)(O)O. The van der Waals surface area contributed by atoms with E-state index >= 15 is 0 Å². The first-order valence-corrected chi connectivity index (χ1v) is 15.1. The fourth-order valence-corrected chi connectivity index (χ4v) is 3.62. The molecule has 0 atom stereocenters. The van der Waals surface area contributed by atoms with Crippen molar-refractivity contribution in [3.8, 4) is 6.07 Å². The normalized spacial score (nSPS) is 11.8. The topological polar surface area (TPSA) is 191 Å². The van der Waals surface area contributed by atoms with Crippen LogP contribution in [0.4, 0.5) is 0 Å². The van der Waals surface area contributed by atoms with Crippen molar-refractivity contribution in [3.05, 3.63) is 0 Å². The molecule has 0 radical (unpaired) electrons. The highest BCUT2D eigenvalue weighted by molar-refractivity contribution is 7.79. The lowest BCUT2D eigenvalue weighted by Crippen LogP contribution is -2.44. The van der Waals surface area contributed by atoms with E-state index in [0.717, 1.165) is 7.11 Å². The Morgan fingerprint density at radius 2 is 0.925 bits per heavy atom. The zero-order valence-corrected chi connectivity index (χ0v) is 29.2. The number of nitrogens with one attached hydrogen (secondary N) is 1. The average molecular weight is 598 g/mol. The number of carbonyl (C=O) groups is 2. The summed E-state index contributed by atoms with van der Waals surface area (Å²) in [5, 5.41) is 18.6. The van der Waals surface area contributed by atoms with Gasteiger partial charge in [0.25, 0.3) is 0 Å².